The summed E-state index contributed by atoms with van der Waals surface area (Å²) in [7, 11) is 0. The number of aliphatic hydroxyl groups excluding tert-OH is 1. The summed E-state index contributed by atoms with van der Waals surface area (Å²) >= 11 is 1.54. The first-order chi connectivity index (χ1) is 13.8. The van der Waals surface area contributed by atoms with Crippen molar-refractivity contribution in [1.82, 2.24) is 9.80 Å². The average molecular weight is 426 g/mol. The van der Waals surface area contributed by atoms with E-state index in [1.165, 1.54) is 29.5 Å². The highest BCUT2D eigenvalue weighted by Crippen LogP contribution is 2.52. The molecule has 29 heavy (non-hydrogen) atoms. The fourth-order valence-corrected chi connectivity index (χ4v) is 6.02. The largest absolute Gasteiger partial charge is 0.477 e. The van der Waals surface area contributed by atoms with E-state index >= 15 is 0 Å². The van der Waals surface area contributed by atoms with Gasteiger partial charge in [0.2, 0.25) is 5.91 Å². The Balaban J connectivity index is 1.77. The standard InChI is InChI=1S/C19H31N5O4S/c1-11(25)13-14-12(5-4-6-22-19(20)21)16(15(18(27)28)24(14)17(13)26)29-10-9-23-7-2-3-8-23/h11-14,25H,2-10H2,1H3,(H,27,28)(H4,20,21,22)/t11-,12-,13-,14-/m1/s1. The second-order valence-corrected chi connectivity index (χ2v) is 9.07. The molecule has 6 N–H and O–H groups in total. The molecule has 10 heteroatoms. The highest BCUT2D eigenvalue weighted by Gasteiger charge is 2.60. The molecular formula is C19H31N5O4S. The molecular weight excluding hydrogens is 394 g/mol. The van der Waals surface area contributed by atoms with E-state index in [4.69, 9.17) is 11.5 Å². The van der Waals surface area contributed by atoms with Crippen molar-refractivity contribution >= 4 is 29.6 Å². The Morgan fingerprint density at radius 2 is 2.03 bits per heavy atom. The molecule has 3 aliphatic rings. The van der Waals surface area contributed by atoms with Crippen LogP contribution in [-0.4, -0.2) is 81.9 Å². The minimum atomic E-state index is -1.08. The first-order valence-corrected chi connectivity index (χ1v) is 11.2. The van der Waals surface area contributed by atoms with Gasteiger partial charge < -0.3 is 31.5 Å². The number of rotatable bonds is 10. The minimum Gasteiger partial charge on any atom is -0.477 e. The number of hydrogen-bond donors (Lipinski definition) is 4. The number of aliphatic carboxylic acids is 1. The number of aliphatic imine (C=N–C) groups is 1. The first kappa shape index (κ1) is 21.9. The van der Waals surface area contributed by atoms with Gasteiger partial charge in [-0.25, -0.2) is 4.79 Å². The number of carboxylic acid groups (broad SMARTS) is 1. The molecule has 162 valence electrons. The molecule has 0 spiro atoms. The Hall–Kier alpha value is -1.78. The summed E-state index contributed by atoms with van der Waals surface area (Å²) < 4.78 is 0. The maximum atomic E-state index is 12.6. The van der Waals surface area contributed by atoms with Crippen LogP contribution in [0, 0.1) is 11.8 Å². The van der Waals surface area contributed by atoms with Crippen molar-refractivity contribution in [3.63, 3.8) is 0 Å². The molecule has 0 saturated carbocycles. The van der Waals surface area contributed by atoms with Crippen molar-refractivity contribution in [3.8, 4) is 0 Å². The molecule has 0 unspecified atom stereocenters. The second-order valence-electron chi connectivity index (χ2n) is 7.94. The zero-order chi connectivity index (χ0) is 21.1. The van der Waals surface area contributed by atoms with Gasteiger partial charge in [-0.05, 0) is 45.7 Å². The summed E-state index contributed by atoms with van der Waals surface area (Å²) in [5.41, 5.74) is 10.9. The third kappa shape index (κ3) is 4.54. The Labute approximate surface area is 175 Å². The van der Waals surface area contributed by atoms with E-state index < -0.39 is 18.0 Å². The predicted octanol–water partition coefficient (Wildman–Crippen LogP) is 0.00280. The molecule has 9 nitrogen and oxygen atoms in total. The molecule has 3 aliphatic heterocycles. The number of likely N-dealkylation sites (tertiary alicyclic amines) is 1. The van der Waals surface area contributed by atoms with Crippen molar-refractivity contribution in [2.45, 2.75) is 44.8 Å². The van der Waals surface area contributed by atoms with E-state index in [0.717, 1.165) is 30.3 Å². The smallest absolute Gasteiger partial charge is 0.353 e. The number of guanidine groups is 1. The fraction of sp³-hybridized carbons (Fsp3) is 0.737. The van der Waals surface area contributed by atoms with Crippen molar-refractivity contribution in [3.05, 3.63) is 10.6 Å². The first-order valence-electron chi connectivity index (χ1n) is 10.2. The van der Waals surface area contributed by atoms with Gasteiger partial charge in [0.05, 0.1) is 18.1 Å². The topological polar surface area (TPSA) is 145 Å². The number of carbonyl (C=O) groups excluding carboxylic acids is 1. The number of aliphatic hydroxyl groups is 1. The number of nitrogens with zero attached hydrogens (tertiary/aromatic N) is 3. The third-order valence-corrected chi connectivity index (χ3v) is 7.16. The number of β-lactam (4-membered cyclic amide) rings is 1. The van der Waals surface area contributed by atoms with Gasteiger partial charge in [0.25, 0.3) is 0 Å². The third-order valence-electron chi connectivity index (χ3n) is 5.97. The van der Waals surface area contributed by atoms with Crippen LogP contribution in [0.4, 0.5) is 0 Å². The fourth-order valence-electron chi connectivity index (χ4n) is 4.66. The number of carboxylic acids is 1. The molecule has 4 atom stereocenters. The van der Waals surface area contributed by atoms with E-state index in [-0.39, 0.29) is 29.5 Å². The lowest BCUT2D eigenvalue weighted by atomic mass is 9.77. The molecule has 2 fully saturated rings. The van der Waals surface area contributed by atoms with Crippen molar-refractivity contribution < 1.29 is 19.8 Å². The van der Waals surface area contributed by atoms with Crippen LogP contribution in [0.25, 0.3) is 0 Å². The Kier molecular flexibility index (Phi) is 7.07. The van der Waals surface area contributed by atoms with Crippen LogP contribution in [-0.2, 0) is 9.59 Å². The Morgan fingerprint density at radius 3 is 2.62 bits per heavy atom. The van der Waals surface area contributed by atoms with Gasteiger partial charge in [-0.1, -0.05) is 0 Å². The van der Waals surface area contributed by atoms with Crippen LogP contribution in [0.15, 0.2) is 15.6 Å². The molecule has 0 radical (unpaired) electrons. The Morgan fingerprint density at radius 1 is 1.34 bits per heavy atom. The lowest BCUT2D eigenvalue weighted by molar-refractivity contribution is -0.163. The molecule has 3 rings (SSSR count). The van der Waals surface area contributed by atoms with Gasteiger partial charge in [-0.3, -0.25) is 9.79 Å². The number of hydrogen-bond acceptors (Lipinski definition) is 6. The van der Waals surface area contributed by atoms with Gasteiger partial charge in [0.1, 0.15) is 5.70 Å². The summed E-state index contributed by atoms with van der Waals surface area (Å²) in [5, 5.41) is 19.9. The molecule has 0 aliphatic carbocycles. The second kappa shape index (κ2) is 9.36. The highest BCUT2D eigenvalue weighted by molar-refractivity contribution is 8.03. The van der Waals surface area contributed by atoms with Gasteiger partial charge in [-0.15, -0.1) is 11.8 Å². The van der Waals surface area contributed by atoms with Crippen LogP contribution < -0.4 is 11.5 Å². The lowest BCUT2D eigenvalue weighted by Gasteiger charge is -2.47. The number of nitrogens with two attached hydrogens (primary N) is 2. The zero-order valence-corrected chi connectivity index (χ0v) is 17.6. The monoisotopic (exact) mass is 425 g/mol. The number of carbonyl (C=O) groups is 2. The maximum Gasteiger partial charge on any atom is 0.353 e. The molecule has 2 saturated heterocycles. The van der Waals surface area contributed by atoms with Crippen LogP contribution in [0.2, 0.25) is 0 Å². The molecule has 0 aromatic carbocycles. The van der Waals surface area contributed by atoms with E-state index in [1.54, 1.807) is 6.92 Å². The molecule has 1 amide bonds. The van der Waals surface area contributed by atoms with Crippen molar-refractivity contribution in [1.29, 1.82) is 0 Å². The number of amides is 1. The van der Waals surface area contributed by atoms with E-state index in [0.29, 0.717) is 19.4 Å². The normalized spacial score (nSPS) is 27.7. The number of thioether (sulfide) groups is 1. The number of fused-ring (bicyclic) bond motifs is 1. The van der Waals surface area contributed by atoms with Crippen molar-refractivity contribution in [2.75, 3.05) is 31.9 Å². The minimum absolute atomic E-state index is 0.0284. The van der Waals surface area contributed by atoms with Crippen LogP contribution >= 0.6 is 11.8 Å². The molecule has 0 bridgehead atoms. The van der Waals surface area contributed by atoms with Crippen LogP contribution in [0.5, 0.6) is 0 Å². The highest BCUT2D eigenvalue weighted by atomic mass is 32.2. The predicted molar refractivity (Wildman–Crippen MR) is 112 cm³/mol. The quantitative estimate of drug-likeness (QED) is 0.166. The Bertz CT molecular complexity index is 701. The van der Waals surface area contributed by atoms with Crippen molar-refractivity contribution in [2.24, 2.45) is 28.3 Å². The molecule has 0 aromatic heterocycles. The SMILES string of the molecule is C[C@@H](O)[C@H]1C(=O)N2C(C(=O)O)=C(SCCN3CCCC3)[C@H](CCCN=C(N)N)[C@H]12. The van der Waals surface area contributed by atoms with E-state index in [1.807, 2.05) is 0 Å². The van der Waals surface area contributed by atoms with Gasteiger partial charge in [0, 0.05) is 29.7 Å². The lowest BCUT2D eigenvalue weighted by Crippen LogP contribution is -2.63. The van der Waals surface area contributed by atoms with Gasteiger partial charge in [-0.2, -0.15) is 0 Å². The van der Waals surface area contributed by atoms with Gasteiger partial charge >= 0.3 is 5.97 Å². The summed E-state index contributed by atoms with van der Waals surface area (Å²) in [6, 6.07) is -0.304. The molecule has 3 heterocycles. The average Bonchev–Trinajstić information content (AvgIpc) is 3.23. The van der Waals surface area contributed by atoms with E-state index in [9.17, 15) is 19.8 Å². The molecule has 0 aromatic rings. The van der Waals surface area contributed by atoms with Crippen LogP contribution in [0.1, 0.15) is 32.6 Å². The maximum absolute atomic E-state index is 12.6. The van der Waals surface area contributed by atoms with Gasteiger partial charge in [0.15, 0.2) is 5.96 Å². The summed E-state index contributed by atoms with van der Waals surface area (Å²) in [5.74, 6) is -1.24. The summed E-state index contributed by atoms with van der Waals surface area (Å²) in [6.07, 6.45) is 2.95. The van der Waals surface area contributed by atoms with Crippen LogP contribution in [0.3, 0.4) is 0 Å². The van der Waals surface area contributed by atoms with E-state index in [2.05, 4.69) is 9.89 Å². The zero-order valence-electron chi connectivity index (χ0n) is 16.8. The summed E-state index contributed by atoms with van der Waals surface area (Å²) in [4.78, 5) is 33.1. The summed E-state index contributed by atoms with van der Waals surface area (Å²) in [6.45, 7) is 5.12.